The molecule has 0 bridgehead atoms. The molecule has 0 N–H and O–H groups in total. The molecule has 0 amide bonds. The molecule has 2 aliphatic rings. The zero-order valence-corrected chi connectivity index (χ0v) is 12.1. The van der Waals surface area contributed by atoms with Crippen LogP contribution >= 0.6 is 15.9 Å². The average Bonchev–Trinajstić information content (AvgIpc) is 2.80. The Morgan fingerprint density at radius 1 is 1.16 bits per heavy atom. The minimum atomic E-state index is 1.03. The van der Waals surface area contributed by atoms with Crippen LogP contribution in [-0.4, -0.2) is 18.2 Å². The van der Waals surface area contributed by atoms with E-state index >= 15 is 0 Å². The Balaban J connectivity index is 1.90. The monoisotopic (exact) mass is 312 g/mol. The van der Waals surface area contributed by atoms with Crippen molar-refractivity contribution < 1.29 is 0 Å². The Labute approximate surface area is 121 Å². The molecule has 0 fully saturated rings. The zero-order chi connectivity index (χ0) is 13.2. The topological polar surface area (TPSA) is 15.6 Å². The highest BCUT2D eigenvalue weighted by Gasteiger charge is 2.11. The molecule has 0 radical (unpaired) electrons. The smallest absolute Gasteiger partial charge is 0.0709 e. The minimum Gasteiger partial charge on any atom is -0.357 e. The van der Waals surface area contributed by atoms with Crippen molar-refractivity contribution in [3.05, 3.63) is 70.5 Å². The average molecular weight is 313 g/mol. The summed E-state index contributed by atoms with van der Waals surface area (Å²) in [4.78, 5) is 6.43. The largest absolute Gasteiger partial charge is 0.357 e. The summed E-state index contributed by atoms with van der Waals surface area (Å²) in [5, 5.41) is 0. The van der Waals surface area contributed by atoms with Gasteiger partial charge in [0.1, 0.15) is 0 Å². The lowest BCUT2D eigenvalue weighted by Gasteiger charge is -2.11. The van der Waals surface area contributed by atoms with Gasteiger partial charge in [0, 0.05) is 41.3 Å². The van der Waals surface area contributed by atoms with Crippen molar-refractivity contribution in [1.29, 1.82) is 0 Å². The Kier molecular flexibility index (Phi) is 3.22. The first-order valence-corrected chi connectivity index (χ1v) is 6.86. The van der Waals surface area contributed by atoms with Crippen LogP contribution in [0, 0.1) is 0 Å². The second-order valence-corrected chi connectivity index (χ2v) is 5.42. The van der Waals surface area contributed by atoms with Gasteiger partial charge in [-0.3, -0.25) is 4.99 Å². The van der Waals surface area contributed by atoms with E-state index in [1.54, 1.807) is 0 Å². The number of hydrogen-bond donors (Lipinski definition) is 0. The van der Waals surface area contributed by atoms with Gasteiger partial charge in [-0.15, -0.1) is 0 Å². The number of fused-ring (bicyclic) bond motifs is 1. The lowest BCUT2D eigenvalue weighted by atomic mass is 10.1. The molecule has 2 aliphatic heterocycles. The number of halogens is 1. The highest BCUT2D eigenvalue weighted by Crippen LogP contribution is 2.33. The fourth-order valence-corrected chi connectivity index (χ4v) is 2.36. The van der Waals surface area contributed by atoms with Crippen LogP contribution in [0.2, 0.25) is 0 Å². The van der Waals surface area contributed by atoms with E-state index in [0.29, 0.717) is 0 Å². The van der Waals surface area contributed by atoms with E-state index in [2.05, 4.69) is 51.3 Å². The molecule has 1 aromatic rings. The molecule has 2 heterocycles. The normalized spacial score (nSPS) is 18.3. The van der Waals surface area contributed by atoms with Gasteiger partial charge in [-0.2, -0.15) is 0 Å². The van der Waals surface area contributed by atoms with Crippen molar-refractivity contribution in [3.8, 4) is 0 Å². The van der Waals surface area contributed by atoms with Crippen LogP contribution in [0.25, 0.3) is 5.57 Å². The highest BCUT2D eigenvalue weighted by molar-refractivity contribution is 9.10. The Morgan fingerprint density at radius 2 is 1.95 bits per heavy atom. The highest BCUT2D eigenvalue weighted by atomic mass is 79.9. The van der Waals surface area contributed by atoms with Gasteiger partial charge in [-0.25, -0.2) is 0 Å². The number of nitrogens with zero attached hydrogens (tertiary/aromatic N) is 2. The third-order valence-electron chi connectivity index (χ3n) is 3.07. The van der Waals surface area contributed by atoms with E-state index < -0.39 is 0 Å². The van der Waals surface area contributed by atoms with Crippen molar-refractivity contribution in [2.45, 2.75) is 0 Å². The van der Waals surface area contributed by atoms with Gasteiger partial charge in [-0.05, 0) is 35.9 Å². The molecule has 0 aromatic heterocycles. The summed E-state index contributed by atoms with van der Waals surface area (Å²) in [6.07, 6.45) is 14.4. The molecule has 94 valence electrons. The van der Waals surface area contributed by atoms with E-state index in [-0.39, 0.29) is 0 Å². The van der Waals surface area contributed by atoms with Crippen LogP contribution in [0.4, 0.5) is 5.69 Å². The maximum atomic E-state index is 4.41. The molecule has 0 aliphatic carbocycles. The van der Waals surface area contributed by atoms with Crippen molar-refractivity contribution in [1.82, 2.24) is 4.90 Å². The maximum absolute atomic E-state index is 4.41. The van der Waals surface area contributed by atoms with Crippen LogP contribution in [-0.2, 0) is 0 Å². The van der Waals surface area contributed by atoms with Crippen LogP contribution in [0.1, 0.15) is 5.56 Å². The van der Waals surface area contributed by atoms with Gasteiger partial charge >= 0.3 is 0 Å². The van der Waals surface area contributed by atoms with Crippen molar-refractivity contribution in [3.63, 3.8) is 0 Å². The van der Waals surface area contributed by atoms with Crippen molar-refractivity contribution >= 4 is 33.4 Å². The molecule has 0 saturated carbocycles. The van der Waals surface area contributed by atoms with Gasteiger partial charge in [-0.1, -0.05) is 28.1 Å². The molecule has 0 saturated heterocycles. The first-order chi connectivity index (χ1) is 9.22. The molecular weight excluding hydrogens is 300 g/mol. The molecular formula is C16H13BrN2. The quantitative estimate of drug-likeness (QED) is 0.748. The molecule has 0 spiro atoms. The van der Waals surface area contributed by atoms with E-state index in [4.69, 9.17) is 0 Å². The fraction of sp³-hybridized carbons (Fsp3) is 0.0625. The predicted molar refractivity (Wildman–Crippen MR) is 84.4 cm³/mol. The second kappa shape index (κ2) is 5.02. The number of rotatable bonds is 1. The summed E-state index contributed by atoms with van der Waals surface area (Å²) in [6.45, 7) is 0. The summed E-state index contributed by atoms with van der Waals surface area (Å²) in [6, 6.07) is 6.15. The fourth-order valence-electron chi connectivity index (χ4n) is 2.00. The van der Waals surface area contributed by atoms with Gasteiger partial charge in [0.2, 0.25) is 0 Å². The maximum Gasteiger partial charge on any atom is 0.0709 e. The molecule has 0 atom stereocenters. The first-order valence-electron chi connectivity index (χ1n) is 6.07. The summed E-state index contributed by atoms with van der Waals surface area (Å²) < 4.78 is 1.08. The van der Waals surface area contributed by atoms with Crippen molar-refractivity contribution in [2.75, 3.05) is 7.05 Å². The van der Waals surface area contributed by atoms with E-state index in [1.807, 2.05) is 42.7 Å². The van der Waals surface area contributed by atoms with Crippen LogP contribution in [0.5, 0.6) is 0 Å². The van der Waals surface area contributed by atoms with E-state index in [0.717, 1.165) is 15.7 Å². The lowest BCUT2D eigenvalue weighted by molar-refractivity contribution is 0.620. The summed E-state index contributed by atoms with van der Waals surface area (Å²) in [5.74, 6) is 0. The number of aliphatic imine (C=N–C) groups is 1. The van der Waals surface area contributed by atoms with Gasteiger partial charge < -0.3 is 4.90 Å². The zero-order valence-electron chi connectivity index (χ0n) is 10.5. The van der Waals surface area contributed by atoms with Gasteiger partial charge in [0.05, 0.1) is 5.69 Å². The van der Waals surface area contributed by atoms with Gasteiger partial charge in [0.25, 0.3) is 0 Å². The summed E-state index contributed by atoms with van der Waals surface area (Å²) in [7, 11) is 2.01. The second-order valence-electron chi connectivity index (χ2n) is 4.51. The number of hydrogen-bond acceptors (Lipinski definition) is 2. The predicted octanol–water partition coefficient (Wildman–Crippen LogP) is 4.45. The first kappa shape index (κ1) is 12.2. The molecule has 1 aromatic carbocycles. The Morgan fingerprint density at radius 3 is 2.74 bits per heavy atom. The number of benzene rings is 1. The molecule has 2 nitrogen and oxygen atoms in total. The minimum absolute atomic E-state index is 1.03. The summed E-state index contributed by atoms with van der Waals surface area (Å²) >= 11 is 3.50. The van der Waals surface area contributed by atoms with Crippen molar-refractivity contribution in [2.24, 2.45) is 4.99 Å². The van der Waals surface area contributed by atoms with E-state index in [1.165, 1.54) is 11.1 Å². The lowest BCUT2D eigenvalue weighted by Crippen LogP contribution is -2.02. The SMILES string of the molecule is CN1C=CC(=C/C=C2\C=Nc3ccc(Br)cc32)C=C1. The van der Waals surface area contributed by atoms with Gasteiger partial charge in [0.15, 0.2) is 0 Å². The van der Waals surface area contributed by atoms with Crippen LogP contribution in [0.15, 0.2) is 69.9 Å². The van der Waals surface area contributed by atoms with Crippen LogP contribution < -0.4 is 0 Å². The third-order valence-corrected chi connectivity index (χ3v) is 3.57. The standard InChI is InChI=1S/C16H13BrN2/c1-19-8-6-12(7-9-19)2-3-13-11-18-16-5-4-14(17)10-15(13)16/h2-11H,1H3/b13-3+. The molecule has 3 rings (SSSR count). The summed E-state index contributed by atoms with van der Waals surface area (Å²) in [5.41, 5.74) is 4.53. The molecule has 0 unspecified atom stereocenters. The van der Waals surface area contributed by atoms with Crippen LogP contribution in [0.3, 0.4) is 0 Å². The molecule has 19 heavy (non-hydrogen) atoms. The van der Waals surface area contributed by atoms with E-state index in [9.17, 15) is 0 Å². The Hall–Kier alpha value is -1.87. The third kappa shape index (κ3) is 2.61. The molecule has 3 heteroatoms. The Bertz CT molecular complexity index is 647. The number of allylic oxidation sites excluding steroid dienone is 6.